The average molecular weight is 299 g/mol. The maximum Gasteiger partial charge on any atom is 0.120 e. The number of hydrogen-bond donors (Lipinski definition) is 0. The minimum atomic E-state index is 0.554. The van der Waals surface area contributed by atoms with E-state index in [1.54, 1.807) is 7.11 Å². The molecule has 0 heterocycles. The summed E-state index contributed by atoms with van der Waals surface area (Å²) in [6.45, 7) is 1.66. The summed E-state index contributed by atoms with van der Waals surface area (Å²) in [5.74, 6) is 1.78. The Kier molecular flexibility index (Phi) is 6.28. The van der Waals surface area contributed by atoms with Gasteiger partial charge < -0.3 is 14.4 Å². The summed E-state index contributed by atoms with van der Waals surface area (Å²) >= 11 is 0. The molecule has 0 atom stereocenters. The van der Waals surface area contributed by atoms with Crippen LogP contribution < -0.4 is 9.47 Å². The first-order valence-electron chi connectivity index (χ1n) is 7.67. The highest BCUT2D eigenvalue weighted by Crippen LogP contribution is 2.18. The van der Waals surface area contributed by atoms with Gasteiger partial charge in [-0.1, -0.05) is 24.3 Å². The van der Waals surface area contributed by atoms with Gasteiger partial charge in [-0.2, -0.15) is 0 Å². The summed E-state index contributed by atoms with van der Waals surface area (Å²) < 4.78 is 11.1. The molecule has 0 saturated carbocycles. The van der Waals surface area contributed by atoms with Crippen molar-refractivity contribution in [1.82, 2.24) is 4.90 Å². The topological polar surface area (TPSA) is 21.7 Å². The van der Waals surface area contributed by atoms with Crippen LogP contribution in [0, 0.1) is 0 Å². The molecule has 0 spiro atoms. The number of hydrogen-bond acceptors (Lipinski definition) is 3. The quantitative estimate of drug-likeness (QED) is 0.740. The summed E-state index contributed by atoms with van der Waals surface area (Å²) in [5, 5.41) is 0. The zero-order valence-electron chi connectivity index (χ0n) is 13.7. The van der Waals surface area contributed by atoms with Crippen molar-refractivity contribution in [1.29, 1.82) is 0 Å². The summed E-state index contributed by atoms with van der Waals surface area (Å²) in [5.41, 5.74) is 2.43. The van der Waals surface area contributed by atoms with Gasteiger partial charge in [0.25, 0.3) is 0 Å². The van der Waals surface area contributed by atoms with E-state index in [4.69, 9.17) is 9.47 Å². The fourth-order valence-corrected chi connectivity index (χ4v) is 2.32. The van der Waals surface area contributed by atoms with Gasteiger partial charge in [0.15, 0.2) is 0 Å². The molecule has 2 aromatic carbocycles. The molecule has 0 N–H and O–H groups in total. The van der Waals surface area contributed by atoms with Crippen LogP contribution in [0.2, 0.25) is 0 Å². The van der Waals surface area contributed by atoms with Crippen molar-refractivity contribution in [2.24, 2.45) is 0 Å². The van der Waals surface area contributed by atoms with Crippen molar-refractivity contribution >= 4 is 0 Å². The molecule has 0 amide bonds. The van der Waals surface area contributed by atoms with Crippen LogP contribution in [-0.2, 0) is 13.0 Å². The number of methoxy groups -OCH3 is 1. The number of benzene rings is 2. The highest BCUT2D eigenvalue weighted by atomic mass is 16.5. The fourth-order valence-electron chi connectivity index (χ4n) is 2.32. The second kappa shape index (κ2) is 8.44. The van der Waals surface area contributed by atoms with Crippen molar-refractivity contribution in [2.45, 2.75) is 19.4 Å². The fraction of sp³-hybridized carbons (Fsp3) is 0.368. The zero-order chi connectivity index (χ0) is 15.8. The number of aryl methyl sites for hydroxylation is 1. The SMILES string of the molecule is COc1cccc(COc2cccc(CCCN(C)C)c2)c1. The molecular weight excluding hydrogens is 274 g/mol. The molecule has 2 aromatic rings. The lowest BCUT2D eigenvalue weighted by molar-refractivity contribution is 0.305. The minimum absolute atomic E-state index is 0.554. The molecular formula is C19H25NO2. The van der Waals surface area contributed by atoms with Gasteiger partial charge in [-0.25, -0.2) is 0 Å². The first-order chi connectivity index (χ1) is 10.7. The van der Waals surface area contributed by atoms with Gasteiger partial charge in [-0.3, -0.25) is 0 Å². The maximum atomic E-state index is 5.89. The molecule has 0 aliphatic heterocycles. The van der Waals surface area contributed by atoms with Crippen molar-refractivity contribution in [3.8, 4) is 11.5 Å². The van der Waals surface area contributed by atoms with E-state index in [1.807, 2.05) is 30.3 Å². The van der Waals surface area contributed by atoms with Crippen molar-refractivity contribution in [3.63, 3.8) is 0 Å². The molecule has 0 saturated heterocycles. The Morgan fingerprint density at radius 3 is 2.32 bits per heavy atom. The molecule has 0 unspecified atom stereocenters. The number of ether oxygens (including phenoxy) is 2. The lowest BCUT2D eigenvalue weighted by Crippen LogP contribution is -2.13. The Hall–Kier alpha value is -2.00. The molecule has 3 heteroatoms. The third-order valence-corrected chi connectivity index (χ3v) is 3.51. The molecule has 22 heavy (non-hydrogen) atoms. The average Bonchev–Trinajstić information content (AvgIpc) is 2.53. The Morgan fingerprint density at radius 1 is 0.909 bits per heavy atom. The van der Waals surface area contributed by atoms with Gasteiger partial charge in [0, 0.05) is 0 Å². The Morgan fingerprint density at radius 2 is 1.59 bits per heavy atom. The van der Waals surface area contributed by atoms with E-state index in [0.717, 1.165) is 36.4 Å². The van der Waals surface area contributed by atoms with E-state index in [-0.39, 0.29) is 0 Å². The highest BCUT2D eigenvalue weighted by Gasteiger charge is 2.00. The normalized spacial score (nSPS) is 10.7. The van der Waals surface area contributed by atoms with E-state index in [0.29, 0.717) is 6.61 Å². The van der Waals surface area contributed by atoms with E-state index >= 15 is 0 Å². The first-order valence-corrected chi connectivity index (χ1v) is 7.67. The zero-order valence-corrected chi connectivity index (χ0v) is 13.7. The van der Waals surface area contributed by atoms with Gasteiger partial charge in [0.2, 0.25) is 0 Å². The monoisotopic (exact) mass is 299 g/mol. The first kappa shape index (κ1) is 16.4. The molecule has 3 nitrogen and oxygen atoms in total. The maximum absolute atomic E-state index is 5.89. The van der Waals surface area contributed by atoms with E-state index < -0.39 is 0 Å². The molecule has 0 radical (unpaired) electrons. The molecule has 0 aliphatic carbocycles. The molecule has 2 rings (SSSR count). The van der Waals surface area contributed by atoms with Crippen LogP contribution >= 0.6 is 0 Å². The van der Waals surface area contributed by atoms with Crippen molar-refractivity contribution in [3.05, 3.63) is 59.7 Å². The van der Waals surface area contributed by atoms with Gasteiger partial charge >= 0.3 is 0 Å². The van der Waals surface area contributed by atoms with Crippen LogP contribution in [0.5, 0.6) is 11.5 Å². The lowest BCUT2D eigenvalue weighted by Gasteiger charge is -2.11. The summed E-state index contributed by atoms with van der Waals surface area (Å²) in [7, 11) is 5.89. The number of nitrogens with zero attached hydrogens (tertiary/aromatic N) is 1. The van der Waals surface area contributed by atoms with E-state index in [2.05, 4.69) is 37.2 Å². The highest BCUT2D eigenvalue weighted by molar-refractivity contribution is 5.31. The lowest BCUT2D eigenvalue weighted by atomic mass is 10.1. The van der Waals surface area contributed by atoms with Crippen molar-refractivity contribution in [2.75, 3.05) is 27.7 Å². The van der Waals surface area contributed by atoms with Crippen LogP contribution in [-0.4, -0.2) is 32.6 Å². The largest absolute Gasteiger partial charge is 0.497 e. The van der Waals surface area contributed by atoms with Gasteiger partial charge in [-0.05, 0) is 68.9 Å². The van der Waals surface area contributed by atoms with Crippen LogP contribution in [0.25, 0.3) is 0 Å². The van der Waals surface area contributed by atoms with Crippen LogP contribution in [0.3, 0.4) is 0 Å². The minimum Gasteiger partial charge on any atom is -0.497 e. The van der Waals surface area contributed by atoms with Gasteiger partial charge in [0.1, 0.15) is 18.1 Å². The Bertz CT molecular complexity index is 581. The molecule has 0 bridgehead atoms. The summed E-state index contributed by atoms with van der Waals surface area (Å²) in [6.07, 6.45) is 2.24. The van der Waals surface area contributed by atoms with Gasteiger partial charge in [-0.15, -0.1) is 0 Å². The summed E-state index contributed by atoms with van der Waals surface area (Å²) in [6, 6.07) is 16.3. The van der Waals surface area contributed by atoms with Crippen LogP contribution in [0.15, 0.2) is 48.5 Å². The predicted molar refractivity (Wildman–Crippen MR) is 90.6 cm³/mol. The molecule has 0 aliphatic rings. The second-order valence-electron chi connectivity index (χ2n) is 5.69. The Labute approximate surface area is 133 Å². The molecule has 0 fully saturated rings. The third kappa shape index (κ3) is 5.41. The molecule has 0 aromatic heterocycles. The van der Waals surface area contributed by atoms with Gasteiger partial charge in [0.05, 0.1) is 7.11 Å². The number of rotatable bonds is 8. The Balaban J connectivity index is 1.89. The second-order valence-corrected chi connectivity index (χ2v) is 5.69. The standard InChI is InChI=1S/C19H25NO2/c1-20(2)12-6-9-16-7-4-11-19(13-16)22-15-17-8-5-10-18(14-17)21-3/h4-5,7-8,10-11,13-14H,6,9,12,15H2,1-3H3. The molecule has 118 valence electrons. The van der Waals surface area contributed by atoms with E-state index in [1.165, 1.54) is 5.56 Å². The smallest absolute Gasteiger partial charge is 0.120 e. The van der Waals surface area contributed by atoms with E-state index in [9.17, 15) is 0 Å². The summed E-state index contributed by atoms with van der Waals surface area (Å²) in [4.78, 5) is 2.21. The van der Waals surface area contributed by atoms with Crippen LogP contribution in [0.4, 0.5) is 0 Å². The van der Waals surface area contributed by atoms with Crippen molar-refractivity contribution < 1.29 is 9.47 Å². The third-order valence-electron chi connectivity index (χ3n) is 3.51. The predicted octanol–water partition coefficient (Wildman–Crippen LogP) is 3.77. The van der Waals surface area contributed by atoms with Crippen LogP contribution in [0.1, 0.15) is 17.5 Å².